The maximum Gasteiger partial charge on any atom is 0.256 e. The van der Waals surface area contributed by atoms with Crippen LogP contribution in [0.5, 0.6) is 0 Å². The number of nitrogens with zero attached hydrogens (tertiary/aromatic N) is 1. The zero-order chi connectivity index (χ0) is 16.3. The van der Waals surface area contributed by atoms with Gasteiger partial charge in [0.1, 0.15) is 12.8 Å². The third kappa shape index (κ3) is 3.04. The van der Waals surface area contributed by atoms with Crippen molar-refractivity contribution in [2.45, 2.75) is 39.2 Å². The van der Waals surface area contributed by atoms with Gasteiger partial charge in [-0.2, -0.15) is 0 Å². The number of carbonyl (C=O) groups is 3. The first kappa shape index (κ1) is 16.2. The molecule has 0 saturated carbocycles. The number of nitrogens with one attached hydrogen (secondary N) is 2. The molecule has 0 aromatic heterocycles. The summed E-state index contributed by atoms with van der Waals surface area (Å²) >= 11 is 0. The van der Waals surface area contributed by atoms with Gasteiger partial charge in [0.25, 0.3) is 5.91 Å². The maximum atomic E-state index is 12.5. The highest BCUT2D eigenvalue weighted by Crippen LogP contribution is 2.28. The Kier molecular flexibility index (Phi) is 4.97. The van der Waals surface area contributed by atoms with Crippen LogP contribution < -0.4 is 10.6 Å². The van der Waals surface area contributed by atoms with Crippen molar-refractivity contribution in [1.82, 2.24) is 15.5 Å². The summed E-state index contributed by atoms with van der Waals surface area (Å²) in [7, 11) is 0. The maximum absolute atomic E-state index is 12.5. The van der Waals surface area contributed by atoms with Crippen LogP contribution in [0, 0.1) is 0 Å². The average molecular weight is 307 g/mol. The van der Waals surface area contributed by atoms with E-state index in [2.05, 4.69) is 10.6 Å². The van der Waals surface area contributed by atoms with Crippen LogP contribution in [0.15, 0.2) is 22.9 Å². The molecule has 2 rings (SSSR count). The molecule has 1 aliphatic heterocycles. The highest BCUT2D eigenvalue weighted by atomic mass is 16.3. The third-order valence-electron chi connectivity index (χ3n) is 3.89. The smallest absolute Gasteiger partial charge is 0.256 e. The first-order chi connectivity index (χ1) is 10.5. The Morgan fingerprint density at radius 3 is 2.77 bits per heavy atom. The van der Waals surface area contributed by atoms with Gasteiger partial charge in [-0.3, -0.25) is 19.7 Å². The average Bonchev–Trinajstić information content (AvgIpc) is 2.48. The number of amides is 3. The molecular formula is C15H21N3O4. The summed E-state index contributed by atoms with van der Waals surface area (Å²) in [6, 6.07) is -0.809. The Balaban J connectivity index is 2.06. The molecule has 0 aromatic carbocycles. The van der Waals surface area contributed by atoms with Crippen molar-refractivity contribution in [3.05, 3.63) is 22.9 Å². The number of carbonyl (C=O) groups excluding carboxylic acids is 3. The minimum atomic E-state index is -0.809. The molecule has 2 aliphatic rings. The van der Waals surface area contributed by atoms with Gasteiger partial charge in [-0.15, -0.1) is 0 Å². The summed E-state index contributed by atoms with van der Waals surface area (Å²) in [6.45, 7) is 4.13. The van der Waals surface area contributed by atoms with E-state index in [1.54, 1.807) is 6.08 Å². The molecule has 1 aliphatic carbocycles. The predicted molar refractivity (Wildman–Crippen MR) is 79.2 cm³/mol. The summed E-state index contributed by atoms with van der Waals surface area (Å²) in [4.78, 5) is 36.6. The van der Waals surface area contributed by atoms with Crippen LogP contribution in [0.1, 0.15) is 33.1 Å². The van der Waals surface area contributed by atoms with Crippen LogP contribution in [-0.4, -0.2) is 47.0 Å². The Hall–Kier alpha value is -2.15. The van der Waals surface area contributed by atoms with Crippen LogP contribution in [0.4, 0.5) is 0 Å². The molecule has 0 bridgehead atoms. The fourth-order valence-corrected chi connectivity index (χ4v) is 2.53. The van der Waals surface area contributed by atoms with E-state index in [0.29, 0.717) is 5.57 Å². The highest BCUT2D eigenvalue weighted by Gasteiger charge is 2.36. The molecule has 3 amide bonds. The molecular weight excluding hydrogens is 286 g/mol. The number of rotatable bonds is 6. The summed E-state index contributed by atoms with van der Waals surface area (Å²) in [5.74, 6) is -1.28. The first-order valence-corrected chi connectivity index (χ1v) is 7.42. The van der Waals surface area contributed by atoms with Gasteiger partial charge in [0.05, 0.1) is 0 Å². The van der Waals surface area contributed by atoms with Gasteiger partial charge in [-0.1, -0.05) is 6.92 Å². The number of hydrogen-bond acceptors (Lipinski definition) is 5. The minimum Gasteiger partial charge on any atom is -0.385 e. The van der Waals surface area contributed by atoms with Crippen molar-refractivity contribution >= 4 is 17.7 Å². The standard InChI is InChI=1S/C15H21N3O4/c1-3-6-16-11-7-10(9(11)2)15(22)18(8-19)12-4-5-13(20)17-14(12)21/h7,12,16,19H,3-6,8H2,1-2H3,(H,17,20,21). The van der Waals surface area contributed by atoms with E-state index in [0.717, 1.165) is 29.1 Å². The van der Waals surface area contributed by atoms with Crippen molar-refractivity contribution in [1.29, 1.82) is 0 Å². The van der Waals surface area contributed by atoms with Crippen molar-refractivity contribution in [2.24, 2.45) is 0 Å². The lowest BCUT2D eigenvalue weighted by molar-refractivity contribution is -0.147. The normalized spacial score (nSPS) is 21.0. The van der Waals surface area contributed by atoms with Crippen LogP contribution in [0.2, 0.25) is 0 Å². The number of imide groups is 1. The van der Waals surface area contributed by atoms with Crippen molar-refractivity contribution in [3.63, 3.8) is 0 Å². The number of aliphatic hydroxyl groups is 1. The van der Waals surface area contributed by atoms with Gasteiger partial charge in [-0.05, 0) is 31.4 Å². The minimum absolute atomic E-state index is 0.164. The second-order valence-electron chi connectivity index (χ2n) is 5.41. The van der Waals surface area contributed by atoms with E-state index in [4.69, 9.17) is 0 Å². The van der Waals surface area contributed by atoms with E-state index in [-0.39, 0.29) is 18.7 Å². The van der Waals surface area contributed by atoms with E-state index in [1.807, 2.05) is 13.8 Å². The summed E-state index contributed by atoms with van der Waals surface area (Å²) in [6.07, 6.45) is 3.10. The number of hydrogen-bond donors (Lipinski definition) is 3. The van der Waals surface area contributed by atoms with E-state index in [1.165, 1.54) is 0 Å². The molecule has 1 unspecified atom stereocenters. The molecule has 1 fully saturated rings. The van der Waals surface area contributed by atoms with E-state index in [9.17, 15) is 19.5 Å². The SMILES string of the molecule is CCCNC1=CC(C(=O)N(CO)C2CCC(=O)NC2=O)=C1C. The van der Waals surface area contributed by atoms with Crippen molar-refractivity contribution in [3.8, 4) is 0 Å². The van der Waals surface area contributed by atoms with Gasteiger partial charge in [0, 0.05) is 24.2 Å². The lowest BCUT2D eigenvalue weighted by Gasteiger charge is -2.33. The molecule has 0 radical (unpaired) electrons. The van der Waals surface area contributed by atoms with Crippen LogP contribution >= 0.6 is 0 Å². The first-order valence-electron chi connectivity index (χ1n) is 7.42. The molecule has 22 heavy (non-hydrogen) atoms. The monoisotopic (exact) mass is 307 g/mol. The second kappa shape index (κ2) is 6.74. The quantitative estimate of drug-likeness (QED) is 0.465. The Bertz CT molecular complexity index is 565. The molecule has 0 spiro atoms. The van der Waals surface area contributed by atoms with E-state index >= 15 is 0 Å². The molecule has 120 valence electrons. The fraction of sp³-hybridized carbons (Fsp3) is 0.533. The zero-order valence-corrected chi connectivity index (χ0v) is 12.8. The topological polar surface area (TPSA) is 98.7 Å². The molecule has 1 heterocycles. The molecule has 3 N–H and O–H groups in total. The van der Waals surface area contributed by atoms with Gasteiger partial charge in [0.15, 0.2) is 0 Å². The van der Waals surface area contributed by atoms with Gasteiger partial charge >= 0.3 is 0 Å². The largest absolute Gasteiger partial charge is 0.385 e. The predicted octanol–water partition coefficient (Wildman–Crippen LogP) is -0.216. The lowest BCUT2D eigenvalue weighted by Crippen LogP contribution is -2.55. The molecule has 7 nitrogen and oxygen atoms in total. The summed E-state index contributed by atoms with van der Waals surface area (Å²) < 4.78 is 0. The lowest BCUT2D eigenvalue weighted by atomic mass is 9.93. The van der Waals surface area contributed by atoms with Crippen molar-refractivity contribution < 1.29 is 19.5 Å². The molecule has 1 atom stereocenters. The Morgan fingerprint density at radius 2 is 2.23 bits per heavy atom. The third-order valence-corrected chi connectivity index (χ3v) is 3.89. The number of piperidine rings is 1. The van der Waals surface area contributed by atoms with Crippen LogP contribution in [-0.2, 0) is 14.4 Å². The second-order valence-corrected chi connectivity index (χ2v) is 5.41. The molecule has 7 heteroatoms. The van der Waals surface area contributed by atoms with Gasteiger partial charge in [0.2, 0.25) is 11.8 Å². The number of aliphatic hydroxyl groups excluding tert-OH is 1. The van der Waals surface area contributed by atoms with Crippen LogP contribution in [0.25, 0.3) is 0 Å². The molecule has 0 aromatic rings. The summed E-state index contributed by atoms with van der Waals surface area (Å²) in [5.41, 5.74) is 2.22. The van der Waals surface area contributed by atoms with Crippen LogP contribution in [0.3, 0.4) is 0 Å². The highest BCUT2D eigenvalue weighted by molar-refractivity contribution is 6.05. The van der Waals surface area contributed by atoms with E-state index < -0.39 is 24.6 Å². The number of allylic oxidation sites excluding steroid dienone is 1. The summed E-state index contributed by atoms with van der Waals surface area (Å²) in [5, 5.41) is 14.9. The zero-order valence-electron chi connectivity index (χ0n) is 12.8. The molecule has 1 saturated heterocycles. The fourth-order valence-electron chi connectivity index (χ4n) is 2.53. The van der Waals surface area contributed by atoms with Gasteiger partial charge < -0.3 is 15.3 Å². The van der Waals surface area contributed by atoms with Gasteiger partial charge in [-0.25, -0.2) is 0 Å². The van der Waals surface area contributed by atoms with Crippen molar-refractivity contribution in [2.75, 3.05) is 13.3 Å². The Morgan fingerprint density at radius 1 is 1.50 bits per heavy atom. The Labute approximate surface area is 129 Å².